The lowest BCUT2D eigenvalue weighted by Gasteiger charge is -1.99. The molecule has 5 nitrogen and oxygen atoms in total. The highest BCUT2D eigenvalue weighted by molar-refractivity contribution is 5.31. The SMILES string of the molecule is [N-]=[N+]=NNCc1ccccc1O. The van der Waals surface area contributed by atoms with E-state index in [1.807, 2.05) is 0 Å². The van der Waals surface area contributed by atoms with Gasteiger partial charge in [-0.2, -0.15) is 4.91 Å². The molecule has 0 aliphatic carbocycles. The van der Waals surface area contributed by atoms with Crippen molar-refractivity contribution in [1.82, 2.24) is 5.43 Å². The van der Waals surface area contributed by atoms with Crippen molar-refractivity contribution >= 4 is 0 Å². The second-order valence-corrected chi connectivity index (χ2v) is 2.15. The zero-order valence-corrected chi connectivity index (χ0v) is 6.31. The highest BCUT2D eigenvalue weighted by atomic mass is 16.3. The molecule has 0 aromatic heterocycles. The molecular formula is C7H8N4O. The van der Waals surface area contributed by atoms with Gasteiger partial charge in [-0.3, -0.25) is 5.43 Å². The first-order valence-electron chi connectivity index (χ1n) is 3.38. The summed E-state index contributed by atoms with van der Waals surface area (Å²) in [4.78, 5) is 2.51. The van der Waals surface area contributed by atoms with E-state index >= 15 is 0 Å². The first-order valence-corrected chi connectivity index (χ1v) is 3.38. The molecule has 0 spiro atoms. The van der Waals surface area contributed by atoms with Crippen molar-refractivity contribution in [3.05, 3.63) is 40.3 Å². The maximum absolute atomic E-state index is 9.24. The topological polar surface area (TPSA) is 81.0 Å². The van der Waals surface area contributed by atoms with Crippen LogP contribution in [0.4, 0.5) is 0 Å². The summed E-state index contributed by atoms with van der Waals surface area (Å²) in [6.45, 7) is 0.330. The lowest BCUT2D eigenvalue weighted by molar-refractivity contribution is 0.465. The molecule has 2 N–H and O–H groups in total. The minimum Gasteiger partial charge on any atom is -0.508 e. The molecule has 0 aliphatic rings. The summed E-state index contributed by atoms with van der Waals surface area (Å²) in [6.07, 6.45) is 0. The molecule has 62 valence electrons. The molecule has 0 bridgehead atoms. The third-order valence-corrected chi connectivity index (χ3v) is 1.38. The first-order chi connectivity index (χ1) is 5.84. The van der Waals surface area contributed by atoms with Gasteiger partial charge in [0.15, 0.2) is 0 Å². The summed E-state index contributed by atoms with van der Waals surface area (Å²) in [6, 6.07) is 6.85. The van der Waals surface area contributed by atoms with Crippen LogP contribution in [0.1, 0.15) is 5.56 Å². The highest BCUT2D eigenvalue weighted by Gasteiger charge is 1.97. The van der Waals surface area contributed by atoms with Gasteiger partial charge in [0.05, 0.1) is 0 Å². The number of azide groups is 1. The number of hydrogen-bond acceptors (Lipinski definition) is 2. The van der Waals surface area contributed by atoms with Gasteiger partial charge in [-0.05, 0) is 11.3 Å². The quantitative estimate of drug-likeness (QED) is 0.308. The average molecular weight is 164 g/mol. The molecule has 12 heavy (non-hydrogen) atoms. The van der Waals surface area contributed by atoms with Gasteiger partial charge in [0, 0.05) is 5.56 Å². The molecule has 0 atom stereocenters. The Kier molecular flexibility index (Phi) is 2.81. The summed E-state index contributed by atoms with van der Waals surface area (Å²) in [5.74, 6) is 0.193. The summed E-state index contributed by atoms with van der Waals surface area (Å²) in [5, 5.41) is 12.4. The Labute approximate surface area is 69.2 Å². The van der Waals surface area contributed by atoms with Gasteiger partial charge in [0.2, 0.25) is 0 Å². The molecule has 0 radical (unpaired) electrons. The van der Waals surface area contributed by atoms with E-state index in [0.717, 1.165) is 0 Å². The Bertz CT molecular complexity index is 306. The molecule has 0 amide bonds. The van der Waals surface area contributed by atoms with Crippen molar-refractivity contribution in [2.45, 2.75) is 6.54 Å². The second kappa shape index (κ2) is 4.10. The maximum atomic E-state index is 9.24. The Morgan fingerprint density at radius 2 is 2.25 bits per heavy atom. The van der Waals surface area contributed by atoms with E-state index < -0.39 is 0 Å². The Morgan fingerprint density at radius 3 is 2.92 bits per heavy atom. The van der Waals surface area contributed by atoms with Gasteiger partial charge < -0.3 is 5.11 Å². The van der Waals surface area contributed by atoms with Crippen LogP contribution in [-0.4, -0.2) is 5.11 Å². The molecule has 0 saturated carbocycles. The number of nitrogens with zero attached hydrogens (tertiary/aromatic N) is 3. The lowest BCUT2D eigenvalue weighted by atomic mass is 10.2. The van der Waals surface area contributed by atoms with Crippen LogP contribution in [0.5, 0.6) is 5.75 Å². The standard InChI is InChI=1S/C7H8N4O/c8-10-11-9-5-6-3-1-2-4-7(6)12/h1-4,9,12H,5H2. The molecule has 0 unspecified atom stereocenters. The Morgan fingerprint density at radius 1 is 1.50 bits per heavy atom. The number of hydrogen-bond donors (Lipinski definition) is 2. The summed E-state index contributed by atoms with van der Waals surface area (Å²) in [5.41, 5.74) is 11.1. The fourth-order valence-electron chi connectivity index (χ4n) is 0.812. The van der Waals surface area contributed by atoms with Crippen LogP contribution < -0.4 is 5.43 Å². The number of para-hydroxylation sites is 1. The second-order valence-electron chi connectivity index (χ2n) is 2.15. The molecule has 1 rings (SSSR count). The van der Waals surface area contributed by atoms with E-state index in [1.165, 1.54) is 0 Å². The lowest BCUT2D eigenvalue weighted by Crippen LogP contribution is -2.02. The normalized spacial score (nSPS) is 8.67. The van der Waals surface area contributed by atoms with E-state index in [4.69, 9.17) is 5.53 Å². The fraction of sp³-hybridized carbons (Fsp3) is 0.143. The van der Waals surface area contributed by atoms with Crippen LogP contribution in [0.2, 0.25) is 0 Å². The van der Waals surface area contributed by atoms with Gasteiger partial charge in [0.25, 0.3) is 0 Å². The zero-order chi connectivity index (χ0) is 8.81. The van der Waals surface area contributed by atoms with Gasteiger partial charge >= 0.3 is 0 Å². The summed E-state index contributed by atoms with van der Waals surface area (Å²) >= 11 is 0. The van der Waals surface area contributed by atoms with Crippen molar-refractivity contribution in [1.29, 1.82) is 0 Å². The molecular weight excluding hydrogens is 156 g/mol. The maximum Gasteiger partial charge on any atom is 0.122 e. The monoisotopic (exact) mass is 164 g/mol. The molecule has 1 aromatic carbocycles. The summed E-state index contributed by atoms with van der Waals surface area (Å²) in [7, 11) is 0. The highest BCUT2D eigenvalue weighted by Crippen LogP contribution is 2.14. The van der Waals surface area contributed by atoms with Crippen LogP contribution in [0, 0.1) is 0 Å². The van der Waals surface area contributed by atoms with Gasteiger partial charge in [-0.25, -0.2) is 0 Å². The molecule has 0 saturated heterocycles. The molecule has 1 aromatic rings. The third-order valence-electron chi connectivity index (χ3n) is 1.38. The van der Waals surface area contributed by atoms with Crippen LogP contribution >= 0.6 is 0 Å². The molecule has 5 heteroatoms. The Hall–Kier alpha value is -1.87. The van der Waals surface area contributed by atoms with Gasteiger partial charge in [-0.15, -0.1) is 5.53 Å². The van der Waals surface area contributed by atoms with Crippen molar-refractivity contribution in [3.8, 4) is 5.75 Å². The molecule has 0 heterocycles. The van der Waals surface area contributed by atoms with Crippen LogP contribution in [0.25, 0.3) is 10.4 Å². The predicted octanol–water partition coefficient (Wildman–Crippen LogP) is 1.71. The third kappa shape index (κ3) is 2.07. The molecule has 0 aliphatic heterocycles. The van der Waals surface area contributed by atoms with Crippen LogP contribution in [0.15, 0.2) is 29.5 Å². The van der Waals surface area contributed by atoms with Gasteiger partial charge in [-0.1, -0.05) is 18.2 Å². The van der Waals surface area contributed by atoms with Crippen molar-refractivity contribution in [2.24, 2.45) is 5.22 Å². The largest absolute Gasteiger partial charge is 0.508 e. The number of nitrogens with one attached hydrogen (secondary N) is 1. The first kappa shape index (κ1) is 8.23. The van der Waals surface area contributed by atoms with E-state index in [2.05, 4.69) is 15.6 Å². The molecule has 0 fully saturated rings. The number of phenolic OH excluding ortho intramolecular Hbond substituents is 1. The van der Waals surface area contributed by atoms with Crippen molar-refractivity contribution < 1.29 is 5.11 Å². The van der Waals surface area contributed by atoms with E-state index in [0.29, 0.717) is 12.1 Å². The van der Waals surface area contributed by atoms with Crippen molar-refractivity contribution in [2.75, 3.05) is 0 Å². The van der Waals surface area contributed by atoms with Crippen LogP contribution in [-0.2, 0) is 6.54 Å². The average Bonchev–Trinajstić information content (AvgIpc) is 2.09. The minimum atomic E-state index is 0.193. The number of phenols is 1. The van der Waals surface area contributed by atoms with E-state index in [-0.39, 0.29) is 5.75 Å². The van der Waals surface area contributed by atoms with E-state index in [1.54, 1.807) is 24.3 Å². The van der Waals surface area contributed by atoms with E-state index in [9.17, 15) is 5.11 Å². The zero-order valence-electron chi connectivity index (χ0n) is 6.31. The summed E-state index contributed by atoms with van der Waals surface area (Å²) < 4.78 is 0. The smallest absolute Gasteiger partial charge is 0.122 e. The predicted molar refractivity (Wildman–Crippen MR) is 44.1 cm³/mol. The van der Waals surface area contributed by atoms with Gasteiger partial charge in [0.1, 0.15) is 12.3 Å². The number of aromatic hydroxyl groups is 1. The van der Waals surface area contributed by atoms with Crippen molar-refractivity contribution in [3.63, 3.8) is 0 Å². The fourth-order valence-corrected chi connectivity index (χ4v) is 0.812. The Balaban J connectivity index is 2.62. The number of benzene rings is 1. The minimum absolute atomic E-state index is 0.193. The van der Waals surface area contributed by atoms with Crippen LogP contribution in [0.3, 0.4) is 0 Å². The number of rotatable bonds is 3.